The molecule has 0 bridgehead atoms. The van der Waals surface area contributed by atoms with Gasteiger partial charge >= 0.3 is 0 Å². The van der Waals surface area contributed by atoms with Crippen molar-refractivity contribution >= 4 is 10.9 Å². The van der Waals surface area contributed by atoms with E-state index in [4.69, 9.17) is 9.72 Å². The molecular formula is C24H21NO. The maximum Gasteiger partial charge on any atom is 0.118 e. The van der Waals surface area contributed by atoms with Crippen molar-refractivity contribution in [1.29, 1.82) is 0 Å². The third kappa shape index (κ3) is 2.84. The van der Waals surface area contributed by atoms with E-state index in [1.165, 1.54) is 22.1 Å². The predicted molar refractivity (Wildman–Crippen MR) is 109 cm³/mol. The molecular weight excluding hydrogens is 318 g/mol. The van der Waals surface area contributed by atoms with Gasteiger partial charge in [-0.05, 0) is 53.4 Å². The van der Waals surface area contributed by atoms with Crippen molar-refractivity contribution < 1.29 is 4.74 Å². The summed E-state index contributed by atoms with van der Waals surface area (Å²) < 4.78 is 5.30. The number of pyridine rings is 1. The van der Waals surface area contributed by atoms with Crippen molar-refractivity contribution in [3.63, 3.8) is 0 Å². The van der Waals surface area contributed by atoms with Crippen LogP contribution in [0.2, 0.25) is 0 Å². The smallest absolute Gasteiger partial charge is 0.118 e. The number of ether oxygens (including phenoxy) is 1. The van der Waals surface area contributed by atoms with Crippen LogP contribution in [-0.4, -0.2) is 12.1 Å². The van der Waals surface area contributed by atoms with Gasteiger partial charge in [0.25, 0.3) is 0 Å². The van der Waals surface area contributed by atoms with E-state index in [0.717, 1.165) is 28.9 Å². The standard InChI is InChI=1S/C24H21NO/c1-3-20-23(17-9-5-4-6-10-17)21-11-7-8-12-22(21)25-24(20)18-13-15-19(26-2)16-14-18/h4-16H,3H2,1-2H3. The lowest BCUT2D eigenvalue weighted by molar-refractivity contribution is 0.415. The molecule has 0 aliphatic rings. The number of aromatic nitrogens is 1. The van der Waals surface area contributed by atoms with Crippen molar-refractivity contribution in [2.24, 2.45) is 0 Å². The molecule has 0 atom stereocenters. The van der Waals surface area contributed by atoms with Crippen molar-refractivity contribution in [2.45, 2.75) is 13.3 Å². The number of nitrogens with zero attached hydrogens (tertiary/aromatic N) is 1. The fraction of sp³-hybridized carbons (Fsp3) is 0.125. The van der Waals surface area contributed by atoms with Gasteiger partial charge in [0.05, 0.1) is 18.3 Å². The lowest BCUT2D eigenvalue weighted by Gasteiger charge is -2.17. The Morgan fingerprint density at radius 2 is 1.46 bits per heavy atom. The van der Waals surface area contributed by atoms with E-state index in [1.54, 1.807) is 7.11 Å². The first-order valence-corrected chi connectivity index (χ1v) is 8.93. The molecule has 0 fully saturated rings. The molecule has 4 rings (SSSR count). The van der Waals surface area contributed by atoms with Crippen LogP contribution >= 0.6 is 0 Å². The van der Waals surface area contributed by atoms with E-state index in [-0.39, 0.29) is 0 Å². The number of hydrogen-bond acceptors (Lipinski definition) is 2. The van der Waals surface area contributed by atoms with Gasteiger partial charge < -0.3 is 4.74 Å². The molecule has 26 heavy (non-hydrogen) atoms. The summed E-state index contributed by atoms with van der Waals surface area (Å²) in [6.45, 7) is 2.20. The van der Waals surface area contributed by atoms with E-state index in [1.807, 2.05) is 18.2 Å². The minimum absolute atomic E-state index is 0.857. The van der Waals surface area contributed by atoms with Gasteiger partial charge in [0.2, 0.25) is 0 Å². The third-order valence-electron chi connectivity index (χ3n) is 4.77. The van der Waals surface area contributed by atoms with Crippen LogP contribution < -0.4 is 4.74 Å². The van der Waals surface area contributed by atoms with Crippen LogP contribution in [0.3, 0.4) is 0 Å². The molecule has 0 aliphatic heterocycles. The predicted octanol–water partition coefficient (Wildman–Crippen LogP) is 6.14. The quantitative estimate of drug-likeness (QED) is 0.445. The highest BCUT2D eigenvalue weighted by Gasteiger charge is 2.16. The Kier molecular flexibility index (Phi) is 4.40. The van der Waals surface area contributed by atoms with Crippen molar-refractivity contribution in [3.05, 3.63) is 84.4 Å². The first kappa shape index (κ1) is 16.3. The van der Waals surface area contributed by atoms with Gasteiger partial charge in [0.1, 0.15) is 5.75 Å². The number of hydrogen-bond donors (Lipinski definition) is 0. The van der Waals surface area contributed by atoms with E-state index in [2.05, 4.69) is 67.6 Å². The second-order valence-corrected chi connectivity index (χ2v) is 6.28. The average molecular weight is 339 g/mol. The largest absolute Gasteiger partial charge is 0.497 e. The lowest BCUT2D eigenvalue weighted by Crippen LogP contribution is -1.98. The van der Waals surface area contributed by atoms with Gasteiger partial charge in [-0.25, -0.2) is 4.98 Å². The Morgan fingerprint density at radius 3 is 2.15 bits per heavy atom. The van der Waals surface area contributed by atoms with Crippen molar-refractivity contribution in [3.8, 4) is 28.1 Å². The summed E-state index contributed by atoms with van der Waals surface area (Å²) in [5.74, 6) is 0.857. The summed E-state index contributed by atoms with van der Waals surface area (Å²) in [6.07, 6.45) is 0.920. The van der Waals surface area contributed by atoms with E-state index >= 15 is 0 Å². The Balaban J connectivity index is 2.04. The number of benzene rings is 3. The fourth-order valence-electron chi connectivity index (χ4n) is 3.52. The maximum atomic E-state index is 5.30. The van der Waals surface area contributed by atoms with E-state index in [9.17, 15) is 0 Å². The minimum Gasteiger partial charge on any atom is -0.497 e. The Bertz CT molecular complexity index is 1040. The summed E-state index contributed by atoms with van der Waals surface area (Å²) in [4.78, 5) is 5.02. The summed E-state index contributed by atoms with van der Waals surface area (Å²) in [6, 6.07) is 27.2. The highest BCUT2D eigenvalue weighted by molar-refractivity contribution is 5.99. The Labute approximate surface area is 154 Å². The molecule has 2 heteroatoms. The second-order valence-electron chi connectivity index (χ2n) is 6.28. The molecule has 128 valence electrons. The molecule has 2 nitrogen and oxygen atoms in total. The van der Waals surface area contributed by atoms with Crippen LogP contribution in [0.5, 0.6) is 5.75 Å². The summed E-state index contributed by atoms with van der Waals surface area (Å²) >= 11 is 0. The first-order chi connectivity index (χ1) is 12.8. The van der Waals surface area contributed by atoms with Crippen LogP contribution in [0.25, 0.3) is 33.3 Å². The minimum atomic E-state index is 0.857. The van der Waals surface area contributed by atoms with Crippen molar-refractivity contribution in [2.75, 3.05) is 7.11 Å². The molecule has 3 aromatic carbocycles. The zero-order chi connectivity index (χ0) is 17.9. The molecule has 0 amide bonds. The van der Waals surface area contributed by atoms with Crippen LogP contribution in [-0.2, 0) is 6.42 Å². The van der Waals surface area contributed by atoms with Crippen LogP contribution in [0.4, 0.5) is 0 Å². The molecule has 0 N–H and O–H groups in total. The first-order valence-electron chi connectivity index (χ1n) is 8.93. The summed E-state index contributed by atoms with van der Waals surface area (Å²) in [7, 11) is 1.69. The Morgan fingerprint density at radius 1 is 0.769 bits per heavy atom. The average Bonchev–Trinajstić information content (AvgIpc) is 2.73. The maximum absolute atomic E-state index is 5.30. The monoisotopic (exact) mass is 339 g/mol. The summed E-state index contributed by atoms with van der Waals surface area (Å²) in [5.41, 5.74) is 6.98. The highest BCUT2D eigenvalue weighted by Crippen LogP contribution is 2.37. The summed E-state index contributed by atoms with van der Waals surface area (Å²) in [5, 5.41) is 1.20. The van der Waals surface area contributed by atoms with Gasteiger partial charge in [-0.3, -0.25) is 0 Å². The molecule has 1 heterocycles. The molecule has 0 aliphatic carbocycles. The number of para-hydroxylation sites is 1. The SMILES string of the molecule is CCc1c(-c2ccc(OC)cc2)nc2ccccc2c1-c1ccccc1. The van der Waals surface area contributed by atoms with Crippen LogP contribution in [0.15, 0.2) is 78.9 Å². The zero-order valence-electron chi connectivity index (χ0n) is 15.1. The fourth-order valence-corrected chi connectivity index (χ4v) is 3.52. The van der Waals surface area contributed by atoms with Crippen LogP contribution in [0, 0.1) is 0 Å². The van der Waals surface area contributed by atoms with E-state index < -0.39 is 0 Å². The molecule has 0 unspecified atom stereocenters. The van der Waals surface area contributed by atoms with E-state index in [0.29, 0.717) is 0 Å². The lowest BCUT2D eigenvalue weighted by atomic mass is 9.91. The molecule has 0 saturated heterocycles. The van der Waals surface area contributed by atoms with Gasteiger partial charge in [-0.15, -0.1) is 0 Å². The number of rotatable bonds is 4. The van der Waals surface area contributed by atoms with Crippen LogP contribution in [0.1, 0.15) is 12.5 Å². The van der Waals surface area contributed by atoms with Crippen molar-refractivity contribution in [1.82, 2.24) is 4.98 Å². The van der Waals surface area contributed by atoms with Gasteiger partial charge in [-0.2, -0.15) is 0 Å². The molecule has 1 aromatic heterocycles. The normalized spacial score (nSPS) is 10.8. The molecule has 4 aromatic rings. The zero-order valence-corrected chi connectivity index (χ0v) is 15.1. The number of methoxy groups -OCH3 is 1. The third-order valence-corrected chi connectivity index (χ3v) is 4.77. The van der Waals surface area contributed by atoms with Gasteiger partial charge in [0, 0.05) is 10.9 Å². The topological polar surface area (TPSA) is 22.1 Å². The molecule has 0 spiro atoms. The second kappa shape index (κ2) is 7.01. The highest BCUT2D eigenvalue weighted by atomic mass is 16.5. The number of fused-ring (bicyclic) bond motifs is 1. The molecule has 0 saturated carbocycles. The van der Waals surface area contributed by atoms with Gasteiger partial charge in [0.15, 0.2) is 0 Å². The molecule has 0 radical (unpaired) electrons. The Hall–Kier alpha value is -3.13. The van der Waals surface area contributed by atoms with Gasteiger partial charge in [-0.1, -0.05) is 55.5 Å².